The van der Waals surface area contributed by atoms with Crippen LogP contribution >= 0.6 is 0 Å². The maximum Gasteiger partial charge on any atom is 0.223 e. The van der Waals surface area contributed by atoms with Crippen LogP contribution in [0.4, 0.5) is 4.39 Å². The molecule has 0 aliphatic carbocycles. The first-order valence-corrected chi connectivity index (χ1v) is 7.46. The maximum absolute atomic E-state index is 13.1. The van der Waals surface area contributed by atoms with E-state index in [2.05, 4.69) is 5.32 Å². The molecule has 5 heteroatoms. The first kappa shape index (κ1) is 17.0. The van der Waals surface area contributed by atoms with Gasteiger partial charge in [-0.2, -0.15) is 0 Å². The molecule has 2 atom stereocenters. The van der Waals surface area contributed by atoms with Gasteiger partial charge in [-0.3, -0.25) is 4.79 Å². The number of carbonyl (C=O) groups excluding carboxylic acids is 1. The van der Waals surface area contributed by atoms with E-state index in [9.17, 15) is 14.3 Å². The lowest BCUT2D eigenvalue weighted by Gasteiger charge is -2.16. The zero-order valence-corrected chi connectivity index (χ0v) is 12.9. The molecule has 122 valence electrons. The molecule has 2 unspecified atom stereocenters. The molecule has 0 saturated carbocycles. The fourth-order valence-corrected chi connectivity index (χ4v) is 2.11. The minimum absolute atomic E-state index is 0.0172. The average molecular weight is 317 g/mol. The number of hydrogen-bond acceptors (Lipinski definition) is 3. The van der Waals surface area contributed by atoms with Gasteiger partial charge in [-0.15, -0.1) is 0 Å². The predicted octanol–water partition coefficient (Wildman–Crippen LogP) is 2.83. The Balaban J connectivity index is 1.75. The first-order chi connectivity index (χ1) is 11.0. The Labute approximate surface area is 134 Å². The lowest BCUT2D eigenvalue weighted by molar-refractivity contribution is -0.123. The molecule has 2 N–H and O–H groups in total. The van der Waals surface area contributed by atoms with E-state index >= 15 is 0 Å². The normalized spacial score (nSPS) is 13.2. The van der Waals surface area contributed by atoms with E-state index in [1.165, 1.54) is 12.1 Å². The lowest BCUT2D eigenvalue weighted by atomic mass is 10.1. The van der Waals surface area contributed by atoms with Crippen LogP contribution in [0, 0.1) is 5.82 Å². The molecule has 4 nitrogen and oxygen atoms in total. The highest BCUT2D eigenvalue weighted by molar-refractivity contribution is 5.76. The van der Waals surface area contributed by atoms with Crippen LogP contribution in [0.5, 0.6) is 5.75 Å². The molecule has 0 aliphatic heterocycles. The fraction of sp³-hybridized carbons (Fsp3) is 0.278. The Morgan fingerprint density at radius 1 is 1.22 bits per heavy atom. The summed E-state index contributed by atoms with van der Waals surface area (Å²) in [6.07, 6.45) is -1.17. The van der Waals surface area contributed by atoms with E-state index in [-0.39, 0.29) is 30.8 Å². The average Bonchev–Trinajstić information content (AvgIpc) is 2.54. The van der Waals surface area contributed by atoms with E-state index in [1.807, 2.05) is 18.2 Å². The Kier molecular flexibility index (Phi) is 6.11. The third kappa shape index (κ3) is 5.71. The second-order valence-corrected chi connectivity index (χ2v) is 5.32. The van der Waals surface area contributed by atoms with Gasteiger partial charge in [-0.05, 0) is 24.6 Å². The largest absolute Gasteiger partial charge is 0.489 e. The maximum atomic E-state index is 13.1. The molecule has 0 radical (unpaired) electrons. The minimum atomic E-state index is -0.837. The molecule has 0 fully saturated rings. The topological polar surface area (TPSA) is 58.6 Å². The van der Waals surface area contributed by atoms with Crippen LogP contribution in [0.3, 0.4) is 0 Å². The number of amides is 1. The van der Waals surface area contributed by atoms with Crippen molar-refractivity contribution >= 4 is 5.91 Å². The number of aliphatic hydroxyl groups is 1. The molecule has 2 rings (SSSR count). The summed E-state index contributed by atoms with van der Waals surface area (Å²) in [4.78, 5) is 11.9. The second kappa shape index (κ2) is 8.29. The molecule has 2 aromatic carbocycles. The predicted molar refractivity (Wildman–Crippen MR) is 85.5 cm³/mol. The number of nitrogens with one attached hydrogen (secondary N) is 1. The highest BCUT2D eigenvalue weighted by Crippen LogP contribution is 2.16. The van der Waals surface area contributed by atoms with Crippen LogP contribution in [0.25, 0.3) is 0 Å². The van der Waals surface area contributed by atoms with Crippen molar-refractivity contribution in [2.75, 3.05) is 6.54 Å². The van der Waals surface area contributed by atoms with Gasteiger partial charge in [0.25, 0.3) is 0 Å². The zero-order valence-electron chi connectivity index (χ0n) is 12.9. The molecule has 2 aromatic rings. The number of benzene rings is 2. The fourth-order valence-electron chi connectivity index (χ4n) is 2.11. The van der Waals surface area contributed by atoms with Crippen molar-refractivity contribution in [2.45, 2.75) is 25.6 Å². The minimum Gasteiger partial charge on any atom is -0.489 e. The quantitative estimate of drug-likeness (QED) is 0.825. The standard InChI is InChI=1S/C18H20FNO3/c1-13(23-16-9-5-8-15(19)10-16)12-20-18(22)11-17(21)14-6-3-2-4-7-14/h2-10,13,17,21H,11-12H2,1H3,(H,20,22). The highest BCUT2D eigenvalue weighted by Gasteiger charge is 2.13. The summed E-state index contributed by atoms with van der Waals surface area (Å²) in [7, 11) is 0. The van der Waals surface area contributed by atoms with Crippen LogP contribution in [0.1, 0.15) is 25.0 Å². The van der Waals surface area contributed by atoms with Crippen molar-refractivity contribution in [2.24, 2.45) is 0 Å². The monoisotopic (exact) mass is 317 g/mol. The molecular formula is C18H20FNO3. The number of rotatable bonds is 7. The van der Waals surface area contributed by atoms with E-state index in [0.29, 0.717) is 11.3 Å². The van der Waals surface area contributed by atoms with Crippen LogP contribution in [0.15, 0.2) is 54.6 Å². The van der Waals surface area contributed by atoms with Gasteiger partial charge in [-0.1, -0.05) is 36.4 Å². The molecule has 0 heterocycles. The zero-order chi connectivity index (χ0) is 16.7. The van der Waals surface area contributed by atoms with Gasteiger partial charge in [0.2, 0.25) is 5.91 Å². The van der Waals surface area contributed by atoms with E-state index < -0.39 is 6.10 Å². The van der Waals surface area contributed by atoms with Crippen molar-refractivity contribution in [3.8, 4) is 5.75 Å². The summed E-state index contributed by atoms with van der Waals surface area (Å²) < 4.78 is 18.6. The summed E-state index contributed by atoms with van der Waals surface area (Å²) in [6.45, 7) is 2.05. The van der Waals surface area contributed by atoms with Gasteiger partial charge < -0.3 is 15.2 Å². The number of hydrogen-bond donors (Lipinski definition) is 2. The Morgan fingerprint density at radius 3 is 2.65 bits per heavy atom. The summed E-state index contributed by atoms with van der Waals surface area (Å²) in [5, 5.41) is 12.7. The summed E-state index contributed by atoms with van der Waals surface area (Å²) in [5.41, 5.74) is 0.701. The Morgan fingerprint density at radius 2 is 1.96 bits per heavy atom. The SMILES string of the molecule is CC(CNC(=O)CC(O)c1ccccc1)Oc1cccc(F)c1. The van der Waals surface area contributed by atoms with Crippen molar-refractivity contribution < 1.29 is 19.0 Å². The van der Waals surface area contributed by atoms with Crippen molar-refractivity contribution in [1.29, 1.82) is 0 Å². The number of carbonyl (C=O) groups is 1. The van der Waals surface area contributed by atoms with Crippen LogP contribution in [-0.2, 0) is 4.79 Å². The third-order valence-electron chi connectivity index (χ3n) is 3.28. The van der Waals surface area contributed by atoms with E-state index in [4.69, 9.17) is 4.74 Å². The van der Waals surface area contributed by atoms with Gasteiger partial charge in [0.15, 0.2) is 0 Å². The van der Waals surface area contributed by atoms with Crippen LogP contribution in [-0.4, -0.2) is 23.7 Å². The molecule has 0 aliphatic rings. The third-order valence-corrected chi connectivity index (χ3v) is 3.28. The molecule has 0 bridgehead atoms. The summed E-state index contributed by atoms with van der Waals surface area (Å²) in [5.74, 6) is -0.225. The smallest absolute Gasteiger partial charge is 0.223 e. The Bertz CT molecular complexity index is 633. The second-order valence-electron chi connectivity index (χ2n) is 5.32. The lowest BCUT2D eigenvalue weighted by Crippen LogP contribution is -2.34. The van der Waals surface area contributed by atoms with E-state index in [1.54, 1.807) is 31.2 Å². The summed E-state index contributed by atoms with van der Waals surface area (Å²) >= 11 is 0. The van der Waals surface area contributed by atoms with Crippen molar-refractivity contribution in [1.82, 2.24) is 5.32 Å². The van der Waals surface area contributed by atoms with Gasteiger partial charge >= 0.3 is 0 Å². The molecular weight excluding hydrogens is 297 g/mol. The van der Waals surface area contributed by atoms with E-state index in [0.717, 1.165) is 0 Å². The van der Waals surface area contributed by atoms with Gasteiger partial charge in [0.1, 0.15) is 17.7 Å². The highest BCUT2D eigenvalue weighted by atomic mass is 19.1. The number of aliphatic hydroxyl groups excluding tert-OH is 1. The van der Waals surface area contributed by atoms with Gasteiger partial charge in [0.05, 0.1) is 19.1 Å². The summed E-state index contributed by atoms with van der Waals surface area (Å²) in [6, 6.07) is 14.9. The van der Waals surface area contributed by atoms with Gasteiger partial charge in [-0.25, -0.2) is 4.39 Å². The van der Waals surface area contributed by atoms with Crippen LogP contribution in [0.2, 0.25) is 0 Å². The van der Waals surface area contributed by atoms with Crippen LogP contribution < -0.4 is 10.1 Å². The number of ether oxygens (including phenoxy) is 1. The molecule has 0 saturated heterocycles. The molecule has 0 spiro atoms. The van der Waals surface area contributed by atoms with Crippen molar-refractivity contribution in [3.05, 3.63) is 66.0 Å². The Hall–Kier alpha value is -2.40. The van der Waals surface area contributed by atoms with Gasteiger partial charge in [0, 0.05) is 6.07 Å². The van der Waals surface area contributed by atoms with Crippen molar-refractivity contribution in [3.63, 3.8) is 0 Å². The molecule has 0 aromatic heterocycles. The number of halogens is 1. The molecule has 23 heavy (non-hydrogen) atoms. The first-order valence-electron chi connectivity index (χ1n) is 7.46. The molecule has 1 amide bonds.